The topological polar surface area (TPSA) is 46.2 Å². The van der Waals surface area contributed by atoms with Gasteiger partial charge in [0.15, 0.2) is 0 Å². The third-order valence-electron chi connectivity index (χ3n) is 1.83. The average Bonchev–Trinajstić information content (AvgIpc) is 1.96. The first-order valence-corrected chi connectivity index (χ1v) is 4.14. The van der Waals surface area contributed by atoms with E-state index >= 15 is 0 Å². The van der Waals surface area contributed by atoms with Crippen LogP contribution >= 0.6 is 11.6 Å². The van der Waals surface area contributed by atoms with Crippen molar-refractivity contribution in [3.63, 3.8) is 0 Å². The van der Waals surface area contributed by atoms with Crippen LogP contribution in [0.15, 0.2) is 12.1 Å². The zero-order valence-corrected chi connectivity index (χ0v) is 7.89. The number of aryl methyl sites for hydroxylation is 1. The SMILES string of the molecule is Cc1cc(O)c(Cl)cc1C(C)N. The van der Waals surface area contributed by atoms with Crippen molar-refractivity contribution in [1.82, 2.24) is 0 Å². The number of hydrogen-bond acceptors (Lipinski definition) is 2. The first-order valence-electron chi connectivity index (χ1n) is 3.77. The summed E-state index contributed by atoms with van der Waals surface area (Å²) >= 11 is 5.72. The molecule has 0 amide bonds. The van der Waals surface area contributed by atoms with Gasteiger partial charge in [0.05, 0.1) is 5.02 Å². The van der Waals surface area contributed by atoms with E-state index in [2.05, 4.69) is 0 Å². The van der Waals surface area contributed by atoms with E-state index < -0.39 is 0 Å². The van der Waals surface area contributed by atoms with Gasteiger partial charge in [-0.15, -0.1) is 0 Å². The van der Waals surface area contributed by atoms with E-state index in [0.29, 0.717) is 5.02 Å². The Morgan fingerprint density at radius 3 is 2.58 bits per heavy atom. The molecule has 0 aromatic heterocycles. The standard InChI is InChI=1S/C9H12ClNO/c1-5-3-9(12)8(10)4-7(5)6(2)11/h3-4,6,12H,11H2,1-2H3. The predicted molar refractivity (Wildman–Crippen MR) is 50.5 cm³/mol. The lowest BCUT2D eigenvalue weighted by Crippen LogP contribution is -2.06. The maximum atomic E-state index is 9.23. The minimum atomic E-state index is -0.0527. The Kier molecular flexibility index (Phi) is 2.60. The molecule has 0 bridgehead atoms. The minimum Gasteiger partial charge on any atom is -0.506 e. The zero-order chi connectivity index (χ0) is 9.30. The molecule has 2 nitrogen and oxygen atoms in total. The van der Waals surface area contributed by atoms with E-state index in [1.54, 1.807) is 12.1 Å². The highest BCUT2D eigenvalue weighted by Crippen LogP contribution is 2.28. The molecule has 0 radical (unpaired) electrons. The van der Waals surface area contributed by atoms with Crippen LogP contribution in [0, 0.1) is 6.92 Å². The number of phenolic OH excluding ortho intramolecular Hbond substituents is 1. The molecule has 0 saturated heterocycles. The Balaban J connectivity index is 3.23. The van der Waals surface area contributed by atoms with Crippen LogP contribution in [-0.4, -0.2) is 5.11 Å². The van der Waals surface area contributed by atoms with Crippen LogP contribution in [0.2, 0.25) is 5.02 Å². The molecular weight excluding hydrogens is 174 g/mol. The van der Waals surface area contributed by atoms with E-state index in [1.165, 1.54) is 0 Å². The maximum absolute atomic E-state index is 9.23. The van der Waals surface area contributed by atoms with Crippen LogP contribution in [0.1, 0.15) is 24.1 Å². The number of phenols is 1. The van der Waals surface area contributed by atoms with Gasteiger partial charge in [0.1, 0.15) is 5.75 Å². The first kappa shape index (κ1) is 9.36. The third-order valence-corrected chi connectivity index (χ3v) is 2.13. The van der Waals surface area contributed by atoms with Crippen molar-refractivity contribution in [2.24, 2.45) is 5.73 Å². The molecule has 0 heterocycles. The van der Waals surface area contributed by atoms with Gasteiger partial charge in [-0.1, -0.05) is 11.6 Å². The van der Waals surface area contributed by atoms with Gasteiger partial charge in [0.2, 0.25) is 0 Å². The molecule has 0 saturated carbocycles. The molecule has 0 spiro atoms. The summed E-state index contributed by atoms with van der Waals surface area (Å²) in [5.74, 6) is 0.110. The first-order chi connectivity index (χ1) is 5.52. The van der Waals surface area contributed by atoms with Crippen molar-refractivity contribution < 1.29 is 5.11 Å². The smallest absolute Gasteiger partial charge is 0.134 e. The molecule has 1 rings (SSSR count). The normalized spacial score (nSPS) is 13.0. The predicted octanol–water partition coefficient (Wildman–Crippen LogP) is 2.37. The van der Waals surface area contributed by atoms with E-state index in [9.17, 15) is 5.11 Å². The quantitative estimate of drug-likeness (QED) is 0.706. The van der Waals surface area contributed by atoms with Gasteiger partial charge in [-0.05, 0) is 37.1 Å². The van der Waals surface area contributed by atoms with Crippen molar-refractivity contribution in [3.05, 3.63) is 28.3 Å². The highest BCUT2D eigenvalue weighted by Gasteiger charge is 2.07. The molecule has 1 atom stereocenters. The van der Waals surface area contributed by atoms with Crippen molar-refractivity contribution in [3.8, 4) is 5.75 Å². The summed E-state index contributed by atoms with van der Waals surface area (Å²) in [6.45, 7) is 3.78. The highest BCUT2D eigenvalue weighted by atomic mass is 35.5. The van der Waals surface area contributed by atoms with Gasteiger partial charge in [0, 0.05) is 6.04 Å². The Morgan fingerprint density at radius 1 is 1.50 bits per heavy atom. The summed E-state index contributed by atoms with van der Waals surface area (Å²) in [6.07, 6.45) is 0. The second-order valence-electron chi connectivity index (χ2n) is 2.95. The number of rotatable bonds is 1. The van der Waals surface area contributed by atoms with Crippen molar-refractivity contribution in [2.45, 2.75) is 19.9 Å². The van der Waals surface area contributed by atoms with Crippen molar-refractivity contribution >= 4 is 11.6 Å². The number of nitrogens with two attached hydrogens (primary N) is 1. The molecule has 0 aliphatic carbocycles. The molecule has 12 heavy (non-hydrogen) atoms. The van der Waals surface area contributed by atoms with E-state index in [-0.39, 0.29) is 11.8 Å². The highest BCUT2D eigenvalue weighted by molar-refractivity contribution is 6.32. The van der Waals surface area contributed by atoms with E-state index in [1.807, 2.05) is 13.8 Å². The van der Waals surface area contributed by atoms with Gasteiger partial charge in [-0.25, -0.2) is 0 Å². The van der Waals surface area contributed by atoms with Crippen molar-refractivity contribution in [1.29, 1.82) is 0 Å². The van der Waals surface area contributed by atoms with Gasteiger partial charge in [0.25, 0.3) is 0 Å². The molecule has 1 aromatic rings. The van der Waals surface area contributed by atoms with E-state index in [4.69, 9.17) is 17.3 Å². The van der Waals surface area contributed by atoms with Crippen molar-refractivity contribution in [2.75, 3.05) is 0 Å². The Labute approximate surface area is 77.0 Å². The lowest BCUT2D eigenvalue weighted by Gasteiger charge is -2.10. The molecule has 3 N–H and O–H groups in total. The van der Waals surface area contributed by atoms with E-state index in [0.717, 1.165) is 11.1 Å². The van der Waals surface area contributed by atoms with Crippen LogP contribution in [0.5, 0.6) is 5.75 Å². The Hall–Kier alpha value is -0.730. The summed E-state index contributed by atoms with van der Waals surface area (Å²) in [5.41, 5.74) is 7.63. The van der Waals surface area contributed by atoms with Gasteiger partial charge >= 0.3 is 0 Å². The molecule has 3 heteroatoms. The lowest BCUT2D eigenvalue weighted by molar-refractivity contribution is 0.474. The lowest BCUT2D eigenvalue weighted by atomic mass is 10.0. The Bertz CT molecular complexity index is 297. The average molecular weight is 186 g/mol. The number of halogens is 1. The zero-order valence-electron chi connectivity index (χ0n) is 7.13. The van der Waals surface area contributed by atoms with Gasteiger partial charge in [-0.3, -0.25) is 0 Å². The summed E-state index contributed by atoms with van der Waals surface area (Å²) in [7, 11) is 0. The summed E-state index contributed by atoms with van der Waals surface area (Å²) in [5, 5.41) is 9.59. The fraction of sp³-hybridized carbons (Fsp3) is 0.333. The fourth-order valence-electron chi connectivity index (χ4n) is 1.17. The van der Waals surface area contributed by atoms with Crippen LogP contribution in [-0.2, 0) is 0 Å². The minimum absolute atomic E-state index is 0.0527. The number of aromatic hydroxyl groups is 1. The number of benzene rings is 1. The van der Waals surface area contributed by atoms with Crippen LogP contribution in [0.25, 0.3) is 0 Å². The largest absolute Gasteiger partial charge is 0.506 e. The molecule has 0 aliphatic rings. The van der Waals surface area contributed by atoms with Gasteiger partial charge < -0.3 is 10.8 Å². The van der Waals surface area contributed by atoms with Crippen LogP contribution in [0.3, 0.4) is 0 Å². The summed E-state index contributed by atoms with van der Waals surface area (Å²) in [6, 6.07) is 3.28. The molecule has 1 unspecified atom stereocenters. The second kappa shape index (κ2) is 3.33. The van der Waals surface area contributed by atoms with Crippen LogP contribution in [0.4, 0.5) is 0 Å². The molecule has 0 aliphatic heterocycles. The summed E-state index contributed by atoms with van der Waals surface area (Å²) < 4.78 is 0. The fourth-order valence-corrected chi connectivity index (χ4v) is 1.34. The Morgan fingerprint density at radius 2 is 2.08 bits per heavy atom. The molecule has 0 fully saturated rings. The van der Waals surface area contributed by atoms with Crippen LogP contribution < -0.4 is 5.73 Å². The molecule has 66 valence electrons. The molecular formula is C9H12ClNO. The third kappa shape index (κ3) is 1.71. The second-order valence-corrected chi connectivity index (χ2v) is 3.36. The molecule has 1 aromatic carbocycles. The maximum Gasteiger partial charge on any atom is 0.134 e. The van der Waals surface area contributed by atoms with Gasteiger partial charge in [-0.2, -0.15) is 0 Å². The number of hydrogen-bond donors (Lipinski definition) is 2. The summed E-state index contributed by atoms with van der Waals surface area (Å²) in [4.78, 5) is 0. The monoisotopic (exact) mass is 185 g/mol.